The molecule has 0 aliphatic carbocycles. The quantitative estimate of drug-likeness (QED) is 0.697. The van der Waals surface area contributed by atoms with Crippen LogP contribution in [0.1, 0.15) is 36.4 Å². The molecule has 1 aliphatic heterocycles. The summed E-state index contributed by atoms with van der Waals surface area (Å²) in [6.07, 6.45) is 5.47. The fourth-order valence-corrected chi connectivity index (χ4v) is 4.44. The number of thiazole rings is 1. The van der Waals surface area contributed by atoms with Crippen LogP contribution in [0.3, 0.4) is 0 Å². The number of nitrogens with one attached hydrogen (secondary N) is 1. The van der Waals surface area contributed by atoms with Gasteiger partial charge in [-0.15, -0.1) is 11.3 Å². The molecular weight excluding hydrogens is 344 g/mol. The molecule has 136 valence electrons. The summed E-state index contributed by atoms with van der Waals surface area (Å²) in [4.78, 5) is 22.1. The van der Waals surface area contributed by atoms with E-state index in [1.54, 1.807) is 0 Å². The second kappa shape index (κ2) is 7.60. The monoisotopic (exact) mass is 368 g/mol. The van der Waals surface area contributed by atoms with Gasteiger partial charge in [-0.2, -0.15) is 0 Å². The Bertz CT molecular complexity index is 892. The van der Waals surface area contributed by atoms with Crippen molar-refractivity contribution in [1.82, 2.24) is 14.9 Å². The zero-order valence-electron chi connectivity index (χ0n) is 14.8. The molecule has 0 saturated carbocycles. The second-order valence-electron chi connectivity index (χ2n) is 7.05. The molecule has 3 heterocycles. The van der Waals surface area contributed by atoms with Crippen molar-refractivity contribution in [2.45, 2.75) is 31.6 Å². The number of benzene rings is 1. The van der Waals surface area contributed by atoms with Gasteiger partial charge in [-0.3, -0.25) is 4.79 Å². The molecule has 2 aromatic heterocycles. The molecule has 3 N–H and O–H groups in total. The van der Waals surface area contributed by atoms with Crippen LogP contribution in [0.15, 0.2) is 35.8 Å². The normalized spacial score (nSPS) is 16.3. The minimum atomic E-state index is 0.244. The van der Waals surface area contributed by atoms with Crippen molar-refractivity contribution < 1.29 is 4.79 Å². The number of H-pyrrole nitrogens is 1. The highest BCUT2D eigenvalue weighted by molar-refractivity contribution is 7.13. The standard InChI is InChI=1S/C20H24N4OS/c21-20-23-15(13-26-20)11-16(25)7-10-24-8-5-14(6-9-24)18-12-22-19-4-2-1-3-17(18)19/h1-4,12-14,22H,5-11H2,(H2,21,23). The largest absolute Gasteiger partial charge is 0.375 e. The van der Waals surface area contributed by atoms with Crippen molar-refractivity contribution in [2.75, 3.05) is 25.4 Å². The number of rotatable bonds is 6. The van der Waals surface area contributed by atoms with Gasteiger partial charge in [0, 0.05) is 41.9 Å². The van der Waals surface area contributed by atoms with E-state index >= 15 is 0 Å². The number of nitrogens with zero attached hydrogens (tertiary/aromatic N) is 2. The number of aromatic nitrogens is 2. The van der Waals surface area contributed by atoms with Crippen LogP contribution in [0.4, 0.5) is 5.13 Å². The average molecular weight is 369 g/mol. The first-order valence-corrected chi connectivity index (χ1v) is 10.1. The van der Waals surface area contributed by atoms with Gasteiger partial charge >= 0.3 is 0 Å². The topological polar surface area (TPSA) is 75.0 Å². The number of piperidine rings is 1. The van der Waals surface area contributed by atoms with Crippen LogP contribution in [0.25, 0.3) is 10.9 Å². The molecule has 5 nitrogen and oxygen atoms in total. The Balaban J connectivity index is 1.26. The van der Waals surface area contributed by atoms with Gasteiger partial charge in [-0.1, -0.05) is 18.2 Å². The first-order valence-electron chi connectivity index (χ1n) is 9.19. The Labute approximate surface area is 157 Å². The number of nitrogen functional groups attached to an aromatic ring is 1. The zero-order valence-corrected chi connectivity index (χ0v) is 15.6. The number of anilines is 1. The number of Topliss-reactive ketones (excluding diaryl/α,β-unsaturated/α-hetero) is 1. The molecule has 0 unspecified atom stereocenters. The average Bonchev–Trinajstić information content (AvgIpc) is 3.26. The highest BCUT2D eigenvalue weighted by atomic mass is 32.1. The van der Waals surface area contributed by atoms with Gasteiger partial charge in [-0.25, -0.2) is 4.98 Å². The van der Waals surface area contributed by atoms with Crippen molar-refractivity contribution in [2.24, 2.45) is 0 Å². The third-order valence-corrected chi connectivity index (χ3v) is 6.03. The molecule has 0 radical (unpaired) electrons. The Hall–Kier alpha value is -2.18. The smallest absolute Gasteiger partial charge is 0.180 e. The first-order chi connectivity index (χ1) is 12.7. The lowest BCUT2D eigenvalue weighted by Gasteiger charge is -2.31. The Morgan fingerprint density at radius 2 is 2.12 bits per heavy atom. The summed E-state index contributed by atoms with van der Waals surface area (Å²) in [6.45, 7) is 2.96. The van der Waals surface area contributed by atoms with Crippen molar-refractivity contribution in [3.63, 3.8) is 0 Å². The zero-order chi connectivity index (χ0) is 17.9. The Morgan fingerprint density at radius 1 is 1.31 bits per heavy atom. The first kappa shape index (κ1) is 17.2. The van der Waals surface area contributed by atoms with Crippen molar-refractivity contribution in [3.05, 3.63) is 47.1 Å². The third-order valence-electron chi connectivity index (χ3n) is 5.30. The maximum atomic E-state index is 12.2. The number of nitrogens with two attached hydrogens (primary N) is 1. The van der Waals surface area contributed by atoms with Crippen LogP contribution in [-0.4, -0.2) is 40.3 Å². The van der Waals surface area contributed by atoms with E-state index in [9.17, 15) is 4.79 Å². The predicted molar refractivity (Wildman–Crippen MR) is 107 cm³/mol. The summed E-state index contributed by atoms with van der Waals surface area (Å²) < 4.78 is 0. The van der Waals surface area contributed by atoms with Crippen LogP contribution in [0.5, 0.6) is 0 Å². The predicted octanol–water partition coefficient (Wildman–Crippen LogP) is 3.59. The van der Waals surface area contributed by atoms with Crippen LogP contribution < -0.4 is 5.73 Å². The van der Waals surface area contributed by atoms with Crippen LogP contribution in [-0.2, 0) is 11.2 Å². The van der Waals surface area contributed by atoms with Crippen LogP contribution in [0, 0.1) is 0 Å². The molecule has 4 rings (SSSR count). The molecular formula is C20H24N4OS. The van der Waals surface area contributed by atoms with Crippen molar-refractivity contribution in [3.8, 4) is 0 Å². The van der Waals surface area contributed by atoms with Gasteiger partial charge in [0.1, 0.15) is 5.78 Å². The van der Waals surface area contributed by atoms with E-state index in [2.05, 4.69) is 45.3 Å². The van der Waals surface area contributed by atoms with Crippen LogP contribution in [0.2, 0.25) is 0 Å². The van der Waals surface area contributed by atoms with E-state index in [1.807, 2.05) is 5.38 Å². The lowest BCUT2D eigenvalue weighted by molar-refractivity contribution is -0.118. The molecule has 1 aromatic carbocycles. The Kier molecular flexibility index (Phi) is 5.04. The Morgan fingerprint density at radius 3 is 2.88 bits per heavy atom. The minimum absolute atomic E-state index is 0.244. The summed E-state index contributed by atoms with van der Waals surface area (Å²) in [7, 11) is 0. The molecule has 0 bridgehead atoms. The number of carbonyl (C=O) groups is 1. The molecule has 3 aromatic rings. The molecule has 6 heteroatoms. The lowest BCUT2D eigenvalue weighted by atomic mass is 9.89. The summed E-state index contributed by atoms with van der Waals surface area (Å²) in [5, 5.41) is 3.76. The van der Waals surface area contributed by atoms with Crippen molar-refractivity contribution >= 4 is 33.2 Å². The molecule has 1 saturated heterocycles. The number of likely N-dealkylation sites (tertiary alicyclic amines) is 1. The summed E-state index contributed by atoms with van der Waals surface area (Å²) in [6, 6.07) is 8.52. The van der Waals surface area contributed by atoms with E-state index in [0.717, 1.165) is 38.2 Å². The highest BCUT2D eigenvalue weighted by Crippen LogP contribution is 2.33. The SMILES string of the molecule is Nc1nc(CC(=O)CCN2CCC(c3c[nH]c4ccccc34)CC2)cs1. The van der Waals surface area contributed by atoms with E-state index in [0.29, 0.717) is 23.9 Å². The number of ketones is 1. The lowest BCUT2D eigenvalue weighted by Crippen LogP contribution is -2.34. The van der Waals surface area contributed by atoms with E-state index in [4.69, 9.17) is 5.73 Å². The van der Waals surface area contributed by atoms with Gasteiger partial charge in [0.2, 0.25) is 0 Å². The molecule has 1 aliphatic rings. The maximum Gasteiger partial charge on any atom is 0.180 e. The summed E-state index contributed by atoms with van der Waals surface area (Å²) >= 11 is 1.39. The van der Waals surface area contributed by atoms with Gasteiger partial charge in [0.15, 0.2) is 5.13 Å². The van der Waals surface area contributed by atoms with Crippen LogP contribution >= 0.6 is 11.3 Å². The number of aromatic amines is 1. The molecule has 0 amide bonds. The highest BCUT2D eigenvalue weighted by Gasteiger charge is 2.23. The number of hydrogen-bond donors (Lipinski definition) is 2. The van der Waals surface area contributed by atoms with Gasteiger partial charge in [0.25, 0.3) is 0 Å². The van der Waals surface area contributed by atoms with Gasteiger partial charge in [-0.05, 0) is 43.5 Å². The third kappa shape index (κ3) is 3.81. The van der Waals surface area contributed by atoms with Gasteiger partial charge in [0.05, 0.1) is 5.69 Å². The van der Waals surface area contributed by atoms with E-state index in [1.165, 1.54) is 27.8 Å². The molecule has 0 spiro atoms. The second-order valence-corrected chi connectivity index (χ2v) is 7.94. The molecule has 1 fully saturated rings. The molecule has 26 heavy (non-hydrogen) atoms. The number of para-hydroxylation sites is 1. The van der Waals surface area contributed by atoms with E-state index in [-0.39, 0.29) is 5.78 Å². The fourth-order valence-electron chi connectivity index (χ4n) is 3.88. The molecule has 0 atom stereocenters. The summed E-state index contributed by atoms with van der Waals surface area (Å²) in [5.41, 5.74) is 9.08. The van der Waals surface area contributed by atoms with E-state index < -0.39 is 0 Å². The van der Waals surface area contributed by atoms with Gasteiger partial charge < -0.3 is 15.6 Å². The maximum absolute atomic E-state index is 12.2. The summed E-state index contributed by atoms with van der Waals surface area (Å²) in [5.74, 6) is 0.852. The minimum Gasteiger partial charge on any atom is -0.375 e. The number of hydrogen-bond acceptors (Lipinski definition) is 5. The fraction of sp³-hybridized carbons (Fsp3) is 0.400. The number of carbonyl (C=O) groups excluding carboxylic acids is 1. The number of fused-ring (bicyclic) bond motifs is 1. The van der Waals surface area contributed by atoms with Crippen molar-refractivity contribution in [1.29, 1.82) is 0 Å².